The van der Waals surface area contributed by atoms with Crippen LogP contribution in [-0.4, -0.2) is 62.3 Å². The fourth-order valence-electron chi connectivity index (χ4n) is 3.85. The van der Waals surface area contributed by atoms with Gasteiger partial charge in [-0.2, -0.15) is 4.98 Å². The molecule has 184 valence electrons. The third kappa shape index (κ3) is 5.04. The van der Waals surface area contributed by atoms with Gasteiger partial charge in [-0.3, -0.25) is 19.0 Å². The number of hydrogen-bond donors (Lipinski definition) is 1. The van der Waals surface area contributed by atoms with E-state index in [1.807, 2.05) is 0 Å². The molecule has 13 heteroatoms. The van der Waals surface area contributed by atoms with E-state index < -0.39 is 48.3 Å². The summed E-state index contributed by atoms with van der Waals surface area (Å²) in [6.45, 7) is 3.35. The van der Waals surface area contributed by atoms with Crippen LogP contribution in [0.15, 0.2) is 30.6 Å². The Morgan fingerprint density at radius 2 is 1.69 bits per heavy atom. The second-order valence-corrected chi connectivity index (χ2v) is 7.78. The predicted molar refractivity (Wildman–Crippen MR) is 117 cm³/mol. The normalized spacial score (nSPS) is 21.6. The van der Waals surface area contributed by atoms with Crippen LogP contribution in [0.2, 0.25) is 0 Å². The lowest BCUT2D eigenvalue weighted by Crippen LogP contribution is -2.40. The topological polar surface area (TPSA) is 158 Å². The summed E-state index contributed by atoms with van der Waals surface area (Å²) in [5.41, 5.74) is 7.39. The Morgan fingerprint density at radius 3 is 2.31 bits per heavy atom. The minimum absolute atomic E-state index is 0.0893. The summed E-state index contributed by atoms with van der Waals surface area (Å²) in [4.78, 5) is 47.9. The van der Waals surface area contributed by atoms with Crippen LogP contribution in [0.3, 0.4) is 0 Å². The Hall–Kier alpha value is -4.13. The van der Waals surface area contributed by atoms with Gasteiger partial charge in [-0.15, -0.1) is 0 Å². The van der Waals surface area contributed by atoms with Gasteiger partial charge in [-0.05, 0) is 24.3 Å². The average molecular weight is 487 g/mol. The molecule has 0 radical (unpaired) electrons. The van der Waals surface area contributed by atoms with Crippen molar-refractivity contribution in [1.82, 2.24) is 19.5 Å². The fraction of sp³-hybridized carbons (Fsp3) is 0.364. The third-order valence-electron chi connectivity index (χ3n) is 5.17. The lowest BCUT2D eigenvalue weighted by Gasteiger charge is -2.23. The van der Waals surface area contributed by atoms with E-state index in [1.54, 1.807) is 0 Å². The number of carbonyl (C=O) groups is 3. The summed E-state index contributed by atoms with van der Waals surface area (Å²) in [7, 11) is 0. The number of fused-ring (bicyclic) bond motifs is 1. The molecule has 1 aliphatic heterocycles. The Labute approximate surface area is 198 Å². The highest BCUT2D eigenvalue weighted by Gasteiger charge is 2.51. The van der Waals surface area contributed by atoms with Crippen molar-refractivity contribution < 1.29 is 37.7 Å². The highest BCUT2D eigenvalue weighted by molar-refractivity contribution is 5.88. The second kappa shape index (κ2) is 9.62. The van der Waals surface area contributed by atoms with Crippen molar-refractivity contribution in [3.63, 3.8) is 0 Å². The number of halogens is 1. The first-order valence-corrected chi connectivity index (χ1v) is 10.5. The number of rotatable bonds is 6. The van der Waals surface area contributed by atoms with E-state index in [9.17, 15) is 18.8 Å². The van der Waals surface area contributed by atoms with Crippen molar-refractivity contribution in [2.75, 3.05) is 12.3 Å². The molecule has 4 rings (SSSR count). The van der Waals surface area contributed by atoms with Crippen molar-refractivity contribution in [3.8, 4) is 11.3 Å². The number of benzene rings is 1. The maximum atomic E-state index is 13.4. The molecular formula is C22H22FN5O7. The molecule has 3 heterocycles. The minimum atomic E-state index is -1.13. The highest BCUT2D eigenvalue weighted by Crippen LogP contribution is 2.37. The zero-order valence-corrected chi connectivity index (χ0v) is 19.0. The standard InChI is InChI=1S/C22H22FN5O7/c1-10(29)32-8-15-18(33-11(2)30)19(34-12(3)31)21(35-15)28-9-25-17-16(26-22(24)27-20(17)28)13-4-6-14(23)7-5-13/h4-7,9,15,18-19,21H,8H2,1-3H3,(H2,24,26,27)/t15-,18-,19-,21-/m1/s1. The number of anilines is 1. The third-order valence-corrected chi connectivity index (χ3v) is 5.17. The molecule has 0 amide bonds. The van der Waals surface area contributed by atoms with E-state index in [0.717, 1.165) is 0 Å². The molecule has 1 fully saturated rings. The molecule has 2 aromatic heterocycles. The van der Waals surface area contributed by atoms with E-state index in [0.29, 0.717) is 16.8 Å². The van der Waals surface area contributed by atoms with E-state index in [1.165, 1.54) is 55.9 Å². The number of nitrogens with two attached hydrogens (primary N) is 1. The van der Waals surface area contributed by atoms with E-state index in [-0.39, 0.29) is 18.2 Å². The molecule has 3 aromatic rings. The van der Waals surface area contributed by atoms with Gasteiger partial charge in [0, 0.05) is 26.3 Å². The molecule has 0 bridgehead atoms. The summed E-state index contributed by atoms with van der Waals surface area (Å²) >= 11 is 0. The maximum absolute atomic E-state index is 13.4. The summed E-state index contributed by atoms with van der Waals surface area (Å²) in [6.07, 6.45) is -2.85. The van der Waals surface area contributed by atoms with Gasteiger partial charge in [0.1, 0.15) is 29.7 Å². The molecule has 0 spiro atoms. The lowest BCUT2D eigenvalue weighted by atomic mass is 10.1. The van der Waals surface area contributed by atoms with Gasteiger partial charge in [0.05, 0.1) is 6.33 Å². The van der Waals surface area contributed by atoms with Gasteiger partial charge in [-0.1, -0.05) is 0 Å². The Bertz CT molecular complexity index is 1280. The molecule has 1 aromatic carbocycles. The van der Waals surface area contributed by atoms with Crippen molar-refractivity contribution in [2.45, 2.75) is 45.3 Å². The molecule has 4 atom stereocenters. The van der Waals surface area contributed by atoms with Crippen LogP contribution in [0.25, 0.3) is 22.4 Å². The smallest absolute Gasteiger partial charge is 0.303 e. The molecule has 35 heavy (non-hydrogen) atoms. The zero-order valence-electron chi connectivity index (χ0n) is 19.0. The molecular weight excluding hydrogens is 465 g/mol. The average Bonchev–Trinajstić information content (AvgIpc) is 3.33. The minimum Gasteiger partial charge on any atom is -0.463 e. The van der Waals surface area contributed by atoms with Gasteiger partial charge in [0.2, 0.25) is 5.95 Å². The van der Waals surface area contributed by atoms with Crippen LogP contribution in [0.5, 0.6) is 0 Å². The van der Waals surface area contributed by atoms with Gasteiger partial charge in [0.15, 0.2) is 24.1 Å². The van der Waals surface area contributed by atoms with Crippen LogP contribution >= 0.6 is 0 Å². The molecule has 12 nitrogen and oxygen atoms in total. The number of esters is 3. The quantitative estimate of drug-likeness (QED) is 0.397. The monoisotopic (exact) mass is 487 g/mol. The summed E-state index contributed by atoms with van der Waals surface area (Å²) in [6, 6.07) is 5.59. The van der Waals surface area contributed by atoms with Crippen LogP contribution in [0.1, 0.15) is 27.0 Å². The fourth-order valence-corrected chi connectivity index (χ4v) is 3.85. The van der Waals surface area contributed by atoms with Crippen LogP contribution < -0.4 is 5.73 Å². The Morgan fingerprint density at radius 1 is 1.03 bits per heavy atom. The van der Waals surface area contributed by atoms with Gasteiger partial charge < -0.3 is 24.7 Å². The first-order valence-electron chi connectivity index (χ1n) is 10.5. The maximum Gasteiger partial charge on any atom is 0.303 e. The SMILES string of the molecule is CC(=O)OC[C@H]1O[C@@H](n2cnc3c(-c4ccc(F)cc4)nc(N)nc32)[C@H](OC(C)=O)[C@@H]1OC(C)=O. The highest BCUT2D eigenvalue weighted by atomic mass is 19.1. The molecule has 1 aliphatic rings. The van der Waals surface area contributed by atoms with E-state index >= 15 is 0 Å². The number of aromatic nitrogens is 4. The molecule has 2 N–H and O–H groups in total. The summed E-state index contributed by atoms with van der Waals surface area (Å²) in [5.74, 6) is -2.38. The number of nitrogens with zero attached hydrogens (tertiary/aromatic N) is 4. The van der Waals surface area contributed by atoms with Gasteiger partial charge in [-0.25, -0.2) is 14.4 Å². The molecule has 0 unspecified atom stereocenters. The second-order valence-electron chi connectivity index (χ2n) is 7.78. The number of hydrogen-bond acceptors (Lipinski definition) is 11. The van der Waals surface area contributed by atoms with Crippen molar-refractivity contribution >= 4 is 35.0 Å². The van der Waals surface area contributed by atoms with Crippen molar-refractivity contribution in [1.29, 1.82) is 0 Å². The number of imidazole rings is 1. The largest absolute Gasteiger partial charge is 0.463 e. The number of nitrogen functional groups attached to an aromatic ring is 1. The molecule has 1 saturated heterocycles. The van der Waals surface area contributed by atoms with Crippen LogP contribution in [-0.2, 0) is 33.3 Å². The van der Waals surface area contributed by atoms with Crippen molar-refractivity contribution in [2.24, 2.45) is 0 Å². The molecule has 0 saturated carbocycles. The number of carbonyl (C=O) groups excluding carboxylic acids is 3. The van der Waals surface area contributed by atoms with Crippen molar-refractivity contribution in [3.05, 3.63) is 36.4 Å². The predicted octanol–water partition coefficient (Wildman–Crippen LogP) is 1.54. The van der Waals surface area contributed by atoms with E-state index in [4.69, 9.17) is 24.7 Å². The Kier molecular flexibility index (Phi) is 6.60. The first kappa shape index (κ1) is 24.0. The van der Waals surface area contributed by atoms with E-state index in [2.05, 4.69) is 15.0 Å². The number of ether oxygens (including phenoxy) is 4. The lowest BCUT2D eigenvalue weighted by molar-refractivity contribution is -0.166. The summed E-state index contributed by atoms with van der Waals surface area (Å²) in [5, 5.41) is 0. The van der Waals surface area contributed by atoms with Crippen LogP contribution in [0.4, 0.5) is 10.3 Å². The van der Waals surface area contributed by atoms with Gasteiger partial charge >= 0.3 is 17.9 Å². The first-order chi connectivity index (χ1) is 16.6. The summed E-state index contributed by atoms with van der Waals surface area (Å²) < 4.78 is 36.8. The molecule has 0 aliphatic carbocycles. The zero-order chi connectivity index (χ0) is 25.3. The Balaban J connectivity index is 1.80. The van der Waals surface area contributed by atoms with Crippen LogP contribution in [0, 0.1) is 5.82 Å². The van der Waals surface area contributed by atoms with Gasteiger partial charge in [0.25, 0.3) is 0 Å².